The Morgan fingerprint density at radius 2 is 1.02 bits per heavy atom. The molecule has 1 aliphatic carbocycles. The van der Waals surface area contributed by atoms with Crippen molar-refractivity contribution >= 4 is 17.0 Å². The molecule has 0 bridgehead atoms. The molecule has 5 heteroatoms. The van der Waals surface area contributed by atoms with Crippen LogP contribution < -0.4 is 4.74 Å². The first-order valence-corrected chi connectivity index (χ1v) is 19.0. The van der Waals surface area contributed by atoms with Crippen LogP contribution >= 0.6 is 0 Å². The normalized spacial score (nSPS) is 15.2. The van der Waals surface area contributed by atoms with Crippen molar-refractivity contribution < 1.29 is 4.74 Å². The second-order valence-corrected chi connectivity index (χ2v) is 14.3. The Morgan fingerprint density at radius 1 is 0.446 bits per heavy atom. The predicted octanol–water partition coefficient (Wildman–Crippen LogP) is 12.4. The Morgan fingerprint density at radius 3 is 1.77 bits per heavy atom. The minimum absolute atomic E-state index is 0.0367. The van der Waals surface area contributed by atoms with Crippen LogP contribution in [-0.2, 0) is 0 Å². The monoisotopic (exact) mass is 718 g/mol. The SMILES string of the molecule is C1=CC2c3c(cccc3-c3nc(-c4ccccc4)nc(-c4cccc(-c5ccccc5)c4)n3)OC2c2c1n(-c1cccc(-c3ccccc3)c1)c1ccccc21. The third-order valence-corrected chi connectivity index (χ3v) is 11.0. The molecule has 0 radical (unpaired) electrons. The van der Waals surface area contributed by atoms with Crippen molar-refractivity contribution in [1.82, 2.24) is 19.5 Å². The lowest BCUT2D eigenvalue weighted by molar-refractivity contribution is 0.224. The average molecular weight is 719 g/mol. The van der Waals surface area contributed by atoms with E-state index in [4.69, 9.17) is 19.7 Å². The van der Waals surface area contributed by atoms with Crippen LogP contribution in [0.1, 0.15) is 28.8 Å². The highest BCUT2D eigenvalue weighted by atomic mass is 16.5. The molecule has 7 aromatic carbocycles. The number of para-hydroxylation sites is 1. The van der Waals surface area contributed by atoms with E-state index >= 15 is 0 Å². The molecule has 3 heterocycles. The molecule has 2 atom stereocenters. The number of benzene rings is 7. The summed E-state index contributed by atoms with van der Waals surface area (Å²) in [5, 5.41) is 1.19. The van der Waals surface area contributed by atoms with E-state index in [1.165, 1.54) is 22.1 Å². The van der Waals surface area contributed by atoms with Gasteiger partial charge in [-0.15, -0.1) is 0 Å². The molecule has 56 heavy (non-hydrogen) atoms. The van der Waals surface area contributed by atoms with Crippen molar-refractivity contribution in [2.24, 2.45) is 0 Å². The van der Waals surface area contributed by atoms with Crippen LogP contribution in [-0.4, -0.2) is 19.5 Å². The van der Waals surface area contributed by atoms with Gasteiger partial charge in [0.1, 0.15) is 11.9 Å². The van der Waals surface area contributed by atoms with Gasteiger partial charge in [-0.2, -0.15) is 0 Å². The van der Waals surface area contributed by atoms with Gasteiger partial charge in [0.15, 0.2) is 17.5 Å². The number of hydrogen-bond acceptors (Lipinski definition) is 4. The highest BCUT2D eigenvalue weighted by Crippen LogP contribution is 2.55. The van der Waals surface area contributed by atoms with Crippen molar-refractivity contribution in [3.8, 4) is 67.9 Å². The predicted molar refractivity (Wildman–Crippen MR) is 225 cm³/mol. The van der Waals surface area contributed by atoms with Gasteiger partial charge in [0.05, 0.1) is 11.2 Å². The van der Waals surface area contributed by atoms with Crippen LogP contribution in [0, 0.1) is 0 Å². The fraction of sp³-hybridized carbons (Fsp3) is 0.0392. The smallest absolute Gasteiger partial charge is 0.164 e. The first-order chi connectivity index (χ1) is 27.8. The second-order valence-electron chi connectivity index (χ2n) is 14.3. The zero-order valence-electron chi connectivity index (χ0n) is 30.3. The van der Waals surface area contributed by atoms with Crippen LogP contribution in [0.4, 0.5) is 0 Å². The molecule has 2 unspecified atom stereocenters. The highest BCUT2D eigenvalue weighted by molar-refractivity contribution is 5.92. The van der Waals surface area contributed by atoms with Gasteiger partial charge >= 0.3 is 0 Å². The summed E-state index contributed by atoms with van der Waals surface area (Å²) in [5.41, 5.74) is 13.1. The van der Waals surface area contributed by atoms with Crippen molar-refractivity contribution in [2.75, 3.05) is 0 Å². The third-order valence-electron chi connectivity index (χ3n) is 11.0. The van der Waals surface area contributed by atoms with Gasteiger partial charge in [0.2, 0.25) is 0 Å². The lowest BCUT2D eigenvalue weighted by Crippen LogP contribution is -2.14. The van der Waals surface area contributed by atoms with Gasteiger partial charge in [-0.3, -0.25) is 0 Å². The van der Waals surface area contributed by atoms with Crippen molar-refractivity contribution in [1.29, 1.82) is 0 Å². The molecule has 0 N–H and O–H groups in total. The summed E-state index contributed by atoms with van der Waals surface area (Å²) in [6, 6.07) is 63.3. The molecule has 5 nitrogen and oxygen atoms in total. The van der Waals surface area contributed by atoms with E-state index in [1.54, 1.807) is 0 Å². The van der Waals surface area contributed by atoms with Crippen LogP contribution in [0.25, 0.3) is 79.1 Å². The third kappa shape index (κ3) is 5.36. The van der Waals surface area contributed by atoms with Gasteiger partial charge in [-0.1, -0.05) is 158 Å². The minimum atomic E-state index is -0.216. The zero-order valence-corrected chi connectivity index (χ0v) is 30.3. The first-order valence-electron chi connectivity index (χ1n) is 19.0. The van der Waals surface area contributed by atoms with Crippen molar-refractivity contribution in [3.63, 3.8) is 0 Å². The van der Waals surface area contributed by atoms with Crippen molar-refractivity contribution in [2.45, 2.75) is 12.0 Å². The second kappa shape index (κ2) is 13.2. The van der Waals surface area contributed by atoms with Crippen LogP contribution in [0.5, 0.6) is 5.75 Å². The quantitative estimate of drug-likeness (QED) is 0.172. The van der Waals surface area contributed by atoms with Crippen LogP contribution in [0.2, 0.25) is 0 Å². The fourth-order valence-corrected chi connectivity index (χ4v) is 8.47. The largest absolute Gasteiger partial charge is 0.484 e. The topological polar surface area (TPSA) is 52.8 Å². The Hall–Kier alpha value is -7.37. The summed E-state index contributed by atoms with van der Waals surface area (Å²) in [6.45, 7) is 0. The molecule has 2 aromatic heterocycles. The maximum Gasteiger partial charge on any atom is 0.164 e. The molecule has 9 aromatic rings. The number of rotatable bonds is 6. The van der Waals surface area contributed by atoms with Gasteiger partial charge in [0.25, 0.3) is 0 Å². The summed E-state index contributed by atoms with van der Waals surface area (Å²) in [4.78, 5) is 15.4. The molecular weight excluding hydrogens is 685 g/mol. The van der Waals surface area contributed by atoms with E-state index in [9.17, 15) is 0 Å². The van der Waals surface area contributed by atoms with Crippen LogP contribution in [0.15, 0.2) is 188 Å². The molecule has 0 amide bonds. The number of ether oxygens (including phenoxy) is 1. The summed E-state index contributed by atoms with van der Waals surface area (Å²) in [6.07, 6.45) is 4.37. The fourth-order valence-electron chi connectivity index (χ4n) is 8.47. The molecule has 0 fully saturated rings. The molecule has 1 aliphatic heterocycles. The Kier molecular flexibility index (Phi) is 7.56. The Labute approximate surface area is 324 Å². The maximum atomic E-state index is 7.01. The molecule has 264 valence electrons. The van der Waals surface area contributed by atoms with Gasteiger partial charge < -0.3 is 9.30 Å². The lowest BCUT2D eigenvalue weighted by Gasteiger charge is -2.23. The first kappa shape index (κ1) is 32.1. The summed E-state index contributed by atoms with van der Waals surface area (Å²) in [5.74, 6) is 2.70. The Balaban J connectivity index is 1.04. The van der Waals surface area contributed by atoms with E-state index in [0.29, 0.717) is 17.5 Å². The number of aromatic nitrogens is 4. The molecule has 0 saturated heterocycles. The molecule has 2 aliphatic rings. The summed E-state index contributed by atoms with van der Waals surface area (Å²) in [7, 11) is 0. The number of nitrogens with zero attached hydrogens (tertiary/aromatic N) is 4. The van der Waals surface area contributed by atoms with Gasteiger partial charge in [0, 0.05) is 44.8 Å². The average Bonchev–Trinajstić information content (AvgIpc) is 3.83. The molecule has 11 rings (SSSR count). The van der Waals surface area contributed by atoms with Crippen molar-refractivity contribution in [3.05, 3.63) is 205 Å². The van der Waals surface area contributed by atoms with E-state index in [-0.39, 0.29) is 12.0 Å². The van der Waals surface area contributed by atoms with E-state index < -0.39 is 0 Å². The number of hydrogen-bond donors (Lipinski definition) is 0. The maximum absolute atomic E-state index is 7.01. The Bertz CT molecular complexity index is 2950. The standard InChI is InChI=1S/C51H34N4O/c1-4-15-33(16-5-1)36-21-12-23-38(31-36)50-52-49(35-19-8-3-9-20-35)53-51(54-50)42-26-14-28-45-46(42)41-29-30-44-47(48(41)56-45)40-25-10-11-27-43(40)55(44)39-24-13-22-37(32-39)34-17-6-2-7-18-34/h1-32,41,48H. The minimum Gasteiger partial charge on any atom is -0.484 e. The summed E-state index contributed by atoms with van der Waals surface area (Å²) < 4.78 is 9.39. The van der Waals surface area contributed by atoms with E-state index in [2.05, 4.69) is 174 Å². The lowest BCUT2D eigenvalue weighted by atomic mass is 9.83. The zero-order chi connectivity index (χ0) is 37.0. The molecule has 0 spiro atoms. The van der Waals surface area contributed by atoms with Gasteiger partial charge in [-0.25, -0.2) is 15.0 Å². The van der Waals surface area contributed by atoms with E-state index in [0.717, 1.165) is 56.0 Å². The highest BCUT2D eigenvalue weighted by Gasteiger charge is 2.42. The summed E-state index contributed by atoms with van der Waals surface area (Å²) >= 11 is 0. The van der Waals surface area contributed by atoms with E-state index in [1.807, 2.05) is 24.3 Å². The molecule has 0 saturated carbocycles. The number of fused-ring (bicyclic) bond motifs is 7. The van der Waals surface area contributed by atoms with Gasteiger partial charge in [-0.05, 0) is 58.7 Å². The molecular formula is C51H34N4O. The van der Waals surface area contributed by atoms with Crippen LogP contribution in [0.3, 0.4) is 0 Å².